The molecule has 0 saturated heterocycles. The SMILES string of the molecule is CC.CCC.CF.FC(F)c1ncccn1. The molecule has 0 aromatic carbocycles. The molecule has 0 unspecified atom stereocenters. The van der Waals surface area contributed by atoms with Crippen LogP contribution in [-0.4, -0.2) is 17.1 Å². The van der Waals surface area contributed by atoms with Crippen LogP contribution in [-0.2, 0) is 0 Å². The predicted molar refractivity (Wildman–Crippen MR) is 61.3 cm³/mol. The van der Waals surface area contributed by atoms with Gasteiger partial charge in [0.1, 0.15) is 0 Å². The van der Waals surface area contributed by atoms with E-state index >= 15 is 0 Å². The Balaban J connectivity index is -0.000000206. The van der Waals surface area contributed by atoms with E-state index in [-0.39, 0.29) is 0 Å². The van der Waals surface area contributed by atoms with Gasteiger partial charge in [0.25, 0.3) is 6.43 Å². The summed E-state index contributed by atoms with van der Waals surface area (Å²) in [4.78, 5) is 6.63. The highest BCUT2D eigenvalue weighted by atomic mass is 19.3. The normalized spacial score (nSPS) is 7.56. The second-order valence-corrected chi connectivity index (χ2v) is 2.11. The third-order valence-corrected chi connectivity index (χ3v) is 0.781. The Morgan fingerprint density at radius 1 is 1.06 bits per heavy atom. The lowest BCUT2D eigenvalue weighted by atomic mass is 10.6. The second-order valence-electron chi connectivity index (χ2n) is 2.11. The smallest absolute Gasteiger partial charge is 0.255 e. The van der Waals surface area contributed by atoms with E-state index in [1.54, 1.807) is 0 Å². The number of hydrogen-bond acceptors (Lipinski definition) is 2. The van der Waals surface area contributed by atoms with E-state index in [4.69, 9.17) is 0 Å². The first-order chi connectivity index (χ1) is 7.72. The van der Waals surface area contributed by atoms with Crippen LogP contribution in [0, 0.1) is 0 Å². The summed E-state index contributed by atoms with van der Waals surface area (Å²) < 4.78 is 32.8. The van der Waals surface area contributed by atoms with Crippen molar-refractivity contribution in [3.63, 3.8) is 0 Å². The van der Waals surface area contributed by atoms with Crippen LogP contribution in [0.5, 0.6) is 0 Å². The summed E-state index contributed by atoms with van der Waals surface area (Å²) >= 11 is 0. The van der Waals surface area contributed by atoms with Crippen molar-refractivity contribution in [3.05, 3.63) is 24.3 Å². The summed E-state index contributed by atoms with van der Waals surface area (Å²) in [5.41, 5.74) is 0. The van der Waals surface area contributed by atoms with E-state index in [2.05, 4.69) is 23.8 Å². The Morgan fingerprint density at radius 2 is 1.38 bits per heavy atom. The Bertz CT molecular complexity index is 194. The molecule has 1 heterocycles. The Kier molecular flexibility index (Phi) is 24.7. The van der Waals surface area contributed by atoms with Crippen molar-refractivity contribution in [2.75, 3.05) is 7.18 Å². The number of rotatable bonds is 1. The zero-order valence-corrected chi connectivity index (χ0v) is 10.5. The van der Waals surface area contributed by atoms with Crippen molar-refractivity contribution in [2.24, 2.45) is 0 Å². The van der Waals surface area contributed by atoms with Crippen molar-refractivity contribution < 1.29 is 13.2 Å². The van der Waals surface area contributed by atoms with Gasteiger partial charge in [-0.2, -0.15) is 0 Å². The molecule has 0 aliphatic carbocycles. The lowest BCUT2D eigenvalue weighted by Gasteiger charge is -1.92. The average molecular weight is 238 g/mol. The van der Waals surface area contributed by atoms with Gasteiger partial charge in [-0.05, 0) is 6.07 Å². The van der Waals surface area contributed by atoms with Crippen molar-refractivity contribution in [1.82, 2.24) is 9.97 Å². The zero-order chi connectivity index (χ0) is 13.4. The Hall–Kier alpha value is -1.13. The lowest BCUT2D eigenvalue weighted by molar-refractivity contribution is 0.140. The minimum absolute atomic E-state index is 0.419. The number of aromatic nitrogens is 2. The van der Waals surface area contributed by atoms with Gasteiger partial charge in [0, 0.05) is 12.4 Å². The van der Waals surface area contributed by atoms with Crippen LogP contribution in [0.4, 0.5) is 13.2 Å². The molecule has 5 heteroatoms. The first-order valence-electron chi connectivity index (χ1n) is 5.15. The van der Waals surface area contributed by atoms with Crippen LogP contribution < -0.4 is 0 Å². The topological polar surface area (TPSA) is 25.8 Å². The molecule has 2 nitrogen and oxygen atoms in total. The minimum Gasteiger partial charge on any atom is -0.255 e. The van der Waals surface area contributed by atoms with Crippen LogP contribution in [0.3, 0.4) is 0 Å². The summed E-state index contributed by atoms with van der Waals surface area (Å²) in [5.74, 6) is -0.419. The molecule has 0 fully saturated rings. The van der Waals surface area contributed by atoms with Crippen LogP contribution in [0.1, 0.15) is 46.4 Å². The van der Waals surface area contributed by atoms with E-state index in [1.807, 2.05) is 13.8 Å². The van der Waals surface area contributed by atoms with Gasteiger partial charge in [-0.1, -0.05) is 34.1 Å². The Labute approximate surface area is 95.9 Å². The van der Waals surface area contributed by atoms with Crippen LogP contribution >= 0.6 is 0 Å². The third-order valence-electron chi connectivity index (χ3n) is 0.781. The van der Waals surface area contributed by atoms with Gasteiger partial charge in [0.15, 0.2) is 5.82 Å². The molecule has 0 N–H and O–H groups in total. The van der Waals surface area contributed by atoms with Crippen LogP contribution in [0.25, 0.3) is 0 Å². The molecule has 1 rings (SSSR count). The predicted octanol–water partition coefficient (Wildman–Crippen LogP) is 4.44. The molecule has 0 spiro atoms. The largest absolute Gasteiger partial charge is 0.297 e. The molecule has 1 aromatic rings. The van der Waals surface area contributed by atoms with Gasteiger partial charge in [-0.15, -0.1) is 0 Å². The minimum atomic E-state index is -2.56. The van der Waals surface area contributed by atoms with Crippen LogP contribution in [0.2, 0.25) is 0 Å². The van der Waals surface area contributed by atoms with Gasteiger partial charge >= 0.3 is 0 Å². The van der Waals surface area contributed by atoms with E-state index in [1.165, 1.54) is 24.9 Å². The fourth-order valence-corrected chi connectivity index (χ4v) is 0.423. The molecule has 0 saturated carbocycles. The van der Waals surface area contributed by atoms with E-state index < -0.39 is 12.2 Å². The molecule has 1 aromatic heterocycles. The van der Waals surface area contributed by atoms with Crippen molar-refractivity contribution in [2.45, 2.75) is 40.5 Å². The molecular formula is C11H21F3N2. The first-order valence-corrected chi connectivity index (χ1v) is 5.15. The maximum absolute atomic E-state index is 11.6. The maximum atomic E-state index is 11.6. The highest BCUT2D eigenvalue weighted by Gasteiger charge is 2.07. The van der Waals surface area contributed by atoms with E-state index in [0.717, 1.165) is 0 Å². The summed E-state index contributed by atoms with van der Waals surface area (Å²) in [5, 5.41) is 0. The van der Waals surface area contributed by atoms with Crippen molar-refractivity contribution in [3.8, 4) is 0 Å². The molecule has 0 aliphatic rings. The summed E-state index contributed by atoms with van der Waals surface area (Å²) in [7, 11) is 0.500. The summed E-state index contributed by atoms with van der Waals surface area (Å²) in [6, 6.07) is 1.49. The van der Waals surface area contributed by atoms with Crippen molar-refractivity contribution in [1.29, 1.82) is 0 Å². The number of hydrogen-bond donors (Lipinski definition) is 0. The van der Waals surface area contributed by atoms with Gasteiger partial charge in [-0.3, -0.25) is 4.39 Å². The maximum Gasteiger partial charge on any atom is 0.297 e. The average Bonchev–Trinajstić information content (AvgIpc) is 2.36. The van der Waals surface area contributed by atoms with E-state index in [9.17, 15) is 13.2 Å². The lowest BCUT2D eigenvalue weighted by Crippen LogP contribution is -1.91. The summed E-state index contributed by atoms with van der Waals surface area (Å²) in [6.07, 6.45) is 1.26. The molecule has 0 radical (unpaired) electrons. The first kappa shape index (κ1) is 20.3. The molecule has 0 aliphatic heterocycles. The van der Waals surface area contributed by atoms with Gasteiger partial charge in [0.2, 0.25) is 0 Å². The van der Waals surface area contributed by atoms with Crippen molar-refractivity contribution >= 4 is 0 Å². The number of nitrogens with zero attached hydrogens (tertiary/aromatic N) is 2. The Morgan fingerprint density at radius 3 is 1.56 bits per heavy atom. The van der Waals surface area contributed by atoms with Crippen LogP contribution in [0.15, 0.2) is 18.5 Å². The second kappa shape index (κ2) is 19.4. The fraction of sp³-hybridized carbons (Fsp3) is 0.636. The highest BCUT2D eigenvalue weighted by Crippen LogP contribution is 2.11. The fourth-order valence-electron chi connectivity index (χ4n) is 0.423. The molecule has 16 heavy (non-hydrogen) atoms. The monoisotopic (exact) mass is 238 g/mol. The number of alkyl halides is 3. The van der Waals surface area contributed by atoms with Gasteiger partial charge in [-0.25, -0.2) is 18.7 Å². The number of halogens is 3. The van der Waals surface area contributed by atoms with Gasteiger partial charge in [0.05, 0.1) is 7.18 Å². The third kappa shape index (κ3) is 15.3. The quantitative estimate of drug-likeness (QED) is 0.722. The highest BCUT2D eigenvalue weighted by molar-refractivity contribution is 4.88. The molecule has 0 bridgehead atoms. The standard InChI is InChI=1S/C5H4F2N2.C3H8.C2H6.CH3F/c6-4(7)5-8-2-1-3-9-5;1-3-2;2*1-2/h1-4H;3H2,1-2H3;1-2H3;1H3. The summed E-state index contributed by atoms with van der Waals surface area (Å²) in [6.45, 7) is 8.25. The molecule has 0 atom stereocenters. The van der Waals surface area contributed by atoms with Gasteiger partial charge < -0.3 is 0 Å². The zero-order valence-electron chi connectivity index (χ0n) is 10.5. The van der Waals surface area contributed by atoms with E-state index in [0.29, 0.717) is 7.18 Å². The molecular weight excluding hydrogens is 217 g/mol. The molecule has 0 amide bonds. The molecule has 96 valence electrons.